The van der Waals surface area contributed by atoms with Crippen LogP contribution in [0.2, 0.25) is 0 Å². The minimum atomic E-state index is -0.237. The molecule has 0 spiro atoms. The van der Waals surface area contributed by atoms with Gasteiger partial charge in [-0.3, -0.25) is 9.36 Å². The number of rotatable bonds is 7. The Hall–Kier alpha value is -2.54. The number of fused-ring (bicyclic) bond motifs is 1. The predicted molar refractivity (Wildman–Crippen MR) is 104 cm³/mol. The van der Waals surface area contributed by atoms with Crippen molar-refractivity contribution in [1.29, 1.82) is 0 Å². The van der Waals surface area contributed by atoms with Crippen LogP contribution in [0.1, 0.15) is 31.9 Å². The molecule has 0 radical (unpaired) electrons. The van der Waals surface area contributed by atoms with E-state index in [2.05, 4.69) is 33.7 Å². The van der Waals surface area contributed by atoms with Crippen molar-refractivity contribution in [1.82, 2.24) is 20.1 Å². The quantitative estimate of drug-likeness (QED) is 0.626. The first kappa shape index (κ1) is 18.3. The largest absolute Gasteiger partial charge is 0.349 e. The second-order valence-corrected chi connectivity index (χ2v) is 7.05. The van der Waals surface area contributed by atoms with Crippen LogP contribution < -0.4 is 11.0 Å². The summed E-state index contributed by atoms with van der Waals surface area (Å²) in [5, 5.41) is 12.3. The first-order chi connectivity index (χ1) is 12.6. The second-order valence-electron chi connectivity index (χ2n) is 6.11. The van der Waals surface area contributed by atoms with Crippen molar-refractivity contribution in [3.8, 4) is 0 Å². The highest BCUT2D eigenvalue weighted by atomic mass is 32.2. The molecule has 0 saturated heterocycles. The number of amides is 1. The third kappa shape index (κ3) is 3.99. The summed E-state index contributed by atoms with van der Waals surface area (Å²) in [4.78, 5) is 24.0. The molecule has 0 aliphatic carbocycles. The first-order valence-electron chi connectivity index (χ1n) is 8.65. The van der Waals surface area contributed by atoms with Gasteiger partial charge in [-0.05, 0) is 29.7 Å². The zero-order valence-corrected chi connectivity index (χ0v) is 15.7. The standard InChI is InChI=1S/C19H22N4O2S/c1-3-11-23-18(25)21-22-19(23)26-12-17(24)20-13(2)15-10-6-8-14-7-4-5-9-16(14)15/h4-10,13H,3,11-12H2,1-2H3,(H,20,24)(H,21,25). The normalized spacial score (nSPS) is 12.2. The zero-order chi connectivity index (χ0) is 18.5. The van der Waals surface area contributed by atoms with E-state index in [1.54, 1.807) is 4.57 Å². The van der Waals surface area contributed by atoms with E-state index in [1.807, 2.05) is 38.1 Å². The Morgan fingerprint density at radius 1 is 1.27 bits per heavy atom. The minimum Gasteiger partial charge on any atom is -0.349 e. The maximum atomic E-state index is 12.4. The molecule has 1 heterocycles. The van der Waals surface area contributed by atoms with Gasteiger partial charge < -0.3 is 5.32 Å². The van der Waals surface area contributed by atoms with Crippen LogP contribution in [0.3, 0.4) is 0 Å². The Bertz CT molecular complexity index is 958. The fourth-order valence-electron chi connectivity index (χ4n) is 2.95. The van der Waals surface area contributed by atoms with Crippen LogP contribution >= 0.6 is 11.8 Å². The Morgan fingerprint density at radius 3 is 2.85 bits per heavy atom. The van der Waals surface area contributed by atoms with Crippen LogP contribution in [0, 0.1) is 0 Å². The molecule has 0 aliphatic rings. The van der Waals surface area contributed by atoms with Crippen molar-refractivity contribution in [2.45, 2.75) is 38.0 Å². The number of carbonyl (C=O) groups excluding carboxylic acids is 1. The summed E-state index contributed by atoms with van der Waals surface area (Å²) < 4.78 is 1.56. The molecule has 2 aromatic carbocycles. The number of nitrogens with one attached hydrogen (secondary N) is 2. The zero-order valence-electron chi connectivity index (χ0n) is 14.9. The van der Waals surface area contributed by atoms with Crippen LogP contribution in [0.15, 0.2) is 52.4 Å². The van der Waals surface area contributed by atoms with Gasteiger partial charge in [0.05, 0.1) is 11.8 Å². The third-order valence-electron chi connectivity index (χ3n) is 4.17. The number of nitrogens with zero attached hydrogens (tertiary/aromatic N) is 2. The van der Waals surface area contributed by atoms with Gasteiger partial charge in [0.1, 0.15) is 0 Å². The summed E-state index contributed by atoms with van der Waals surface area (Å²) in [6.07, 6.45) is 0.831. The van der Waals surface area contributed by atoms with Crippen molar-refractivity contribution in [3.05, 3.63) is 58.5 Å². The Balaban J connectivity index is 1.65. The predicted octanol–water partition coefficient (Wildman–Crippen LogP) is 3.10. The fourth-order valence-corrected chi connectivity index (χ4v) is 3.74. The molecule has 26 heavy (non-hydrogen) atoms. The van der Waals surface area contributed by atoms with E-state index in [0.717, 1.165) is 22.8 Å². The van der Waals surface area contributed by atoms with Crippen LogP contribution in [0.4, 0.5) is 0 Å². The second kappa shape index (κ2) is 8.23. The fraction of sp³-hybridized carbons (Fsp3) is 0.316. The van der Waals surface area contributed by atoms with Crippen LogP contribution in [-0.4, -0.2) is 26.4 Å². The average Bonchev–Trinajstić information content (AvgIpc) is 3.00. The van der Waals surface area contributed by atoms with Crippen molar-refractivity contribution in [3.63, 3.8) is 0 Å². The van der Waals surface area contributed by atoms with Gasteiger partial charge in [0, 0.05) is 6.54 Å². The lowest BCUT2D eigenvalue weighted by molar-refractivity contribution is -0.119. The van der Waals surface area contributed by atoms with Gasteiger partial charge in [0.2, 0.25) is 5.91 Å². The van der Waals surface area contributed by atoms with E-state index >= 15 is 0 Å². The summed E-state index contributed by atoms with van der Waals surface area (Å²) in [7, 11) is 0. The summed E-state index contributed by atoms with van der Waals surface area (Å²) in [6.45, 7) is 4.56. The molecule has 1 unspecified atom stereocenters. The van der Waals surface area contributed by atoms with Gasteiger partial charge >= 0.3 is 5.69 Å². The Morgan fingerprint density at radius 2 is 2.04 bits per heavy atom. The average molecular weight is 370 g/mol. The van der Waals surface area contributed by atoms with Crippen molar-refractivity contribution < 1.29 is 4.79 Å². The summed E-state index contributed by atoms with van der Waals surface area (Å²) in [5.41, 5.74) is 0.850. The highest BCUT2D eigenvalue weighted by Crippen LogP contribution is 2.24. The minimum absolute atomic E-state index is 0.0890. The maximum absolute atomic E-state index is 12.4. The smallest absolute Gasteiger partial charge is 0.343 e. The highest BCUT2D eigenvalue weighted by molar-refractivity contribution is 7.99. The molecular weight excluding hydrogens is 348 g/mol. The van der Waals surface area contributed by atoms with E-state index in [4.69, 9.17) is 0 Å². The summed E-state index contributed by atoms with van der Waals surface area (Å²) in [5.74, 6) is 0.122. The number of H-pyrrole nitrogens is 1. The molecule has 3 rings (SSSR count). The molecule has 0 bridgehead atoms. The molecule has 1 atom stereocenters. The van der Waals surface area contributed by atoms with Crippen LogP contribution in [0.25, 0.3) is 10.8 Å². The molecule has 136 valence electrons. The van der Waals surface area contributed by atoms with Crippen LogP contribution in [-0.2, 0) is 11.3 Å². The SMILES string of the molecule is CCCn1c(SCC(=O)NC(C)c2cccc3ccccc23)n[nH]c1=O. The van der Waals surface area contributed by atoms with Gasteiger partial charge in [-0.2, -0.15) is 0 Å². The monoisotopic (exact) mass is 370 g/mol. The molecule has 3 aromatic rings. The van der Waals surface area contributed by atoms with Crippen molar-refractivity contribution in [2.24, 2.45) is 0 Å². The van der Waals surface area contributed by atoms with E-state index in [0.29, 0.717) is 11.7 Å². The molecule has 1 aromatic heterocycles. The number of thioether (sulfide) groups is 1. The van der Waals surface area contributed by atoms with Gasteiger partial charge in [-0.15, -0.1) is 5.10 Å². The maximum Gasteiger partial charge on any atom is 0.343 e. The number of hydrogen-bond acceptors (Lipinski definition) is 4. The van der Waals surface area contributed by atoms with Crippen LogP contribution in [0.5, 0.6) is 0 Å². The molecule has 0 fully saturated rings. The van der Waals surface area contributed by atoms with E-state index < -0.39 is 0 Å². The Labute approximate surface area is 156 Å². The van der Waals surface area contributed by atoms with E-state index in [-0.39, 0.29) is 23.4 Å². The number of hydrogen-bond donors (Lipinski definition) is 2. The topological polar surface area (TPSA) is 79.8 Å². The van der Waals surface area contributed by atoms with E-state index in [1.165, 1.54) is 11.8 Å². The van der Waals surface area contributed by atoms with Crippen molar-refractivity contribution >= 4 is 28.4 Å². The molecule has 0 aliphatic heterocycles. The molecule has 7 heteroatoms. The van der Waals surface area contributed by atoms with Gasteiger partial charge in [0.25, 0.3) is 0 Å². The molecule has 2 N–H and O–H groups in total. The lowest BCUT2D eigenvalue weighted by Crippen LogP contribution is -2.28. The lowest BCUT2D eigenvalue weighted by atomic mass is 10.00. The number of benzene rings is 2. The Kier molecular flexibility index (Phi) is 5.78. The first-order valence-corrected chi connectivity index (χ1v) is 9.63. The van der Waals surface area contributed by atoms with Gasteiger partial charge in [-0.25, -0.2) is 9.89 Å². The number of carbonyl (C=O) groups is 1. The summed E-state index contributed by atoms with van der Waals surface area (Å²) in [6, 6.07) is 14.1. The number of aromatic nitrogens is 3. The van der Waals surface area contributed by atoms with Gasteiger partial charge in [-0.1, -0.05) is 61.2 Å². The third-order valence-corrected chi connectivity index (χ3v) is 5.15. The van der Waals surface area contributed by atoms with Crippen molar-refractivity contribution in [2.75, 3.05) is 5.75 Å². The lowest BCUT2D eigenvalue weighted by Gasteiger charge is -2.16. The van der Waals surface area contributed by atoms with E-state index in [9.17, 15) is 9.59 Å². The number of aromatic amines is 1. The van der Waals surface area contributed by atoms with Gasteiger partial charge in [0.15, 0.2) is 5.16 Å². The molecule has 1 amide bonds. The molecular formula is C19H22N4O2S. The molecule has 6 nitrogen and oxygen atoms in total. The summed E-state index contributed by atoms with van der Waals surface area (Å²) >= 11 is 1.27. The highest BCUT2D eigenvalue weighted by Gasteiger charge is 2.14. The molecule has 0 saturated carbocycles.